The lowest BCUT2D eigenvalue weighted by Gasteiger charge is -2.06. The van der Waals surface area contributed by atoms with Gasteiger partial charge in [0.25, 0.3) is 0 Å². The second-order valence-corrected chi connectivity index (χ2v) is 5.33. The van der Waals surface area contributed by atoms with Gasteiger partial charge in [0.1, 0.15) is 5.82 Å². The van der Waals surface area contributed by atoms with E-state index in [-0.39, 0.29) is 5.75 Å². The number of aryl methyl sites for hydroxylation is 1. The molecule has 15 heavy (non-hydrogen) atoms. The van der Waals surface area contributed by atoms with Gasteiger partial charge in [-0.15, -0.1) is 0 Å². The van der Waals surface area contributed by atoms with Gasteiger partial charge in [-0.25, -0.2) is 13.4 Å². The molecular weight excluding hydrogens is 212 g/mol. The molecule has 0 aliphatic rings. The molecule has 0 unspecified atom stereocenters. The van der Waals surface area contributed by atoms with Crippen molar-refractivity contribution in [3.05, 3.63) is 23.9 Å². The molecule has 0 aliphatic heterocycles. The van der Waals surface area contributed by atoms with Gasteiger partial charge in [-0.3, -0.25) is 4.72 Å². The number of nitrogens with one attached hydrogen (secondary N) is 1. The molecule has 0 spiro atoms. The van der Waals surface area contributed by atoms with Gasteiger partial charge in [-0.1, -0.05) is 13.3 Å². The van der Waals surface area contributed by atoms with Crippen LogP contribution in [0.5, 0.6) is 0 Å². The van der Waals surface area contributed by atoms with Gasteiger partial charge in [0, 0.05) is 6.20 Å². The molecule has 0 aliphatic carbocycles. The van der Waals surface area contributed by atoms with Crippen molar-refractivity contribution in [2.45, 2.75) is 26.7 Å². The Bertz CT molecular complexity index is 415. The molecule has 0 saturated carbocycles. The fraction of sp³-hybridized carbons (Fsp3) is 0.500. The smallest absolute Gasteiger partial charge is 0.233 e. The first-order chi connectivity index (χ1) is 7.03. The SMILES string of the molecule is CCCCS(=O)(=O)Nc1cc(C)ccn1. The zero-order chi connectivity index (χ0) is 11.3. The number of anilines is 1. The van der Waals surface area contributed by atoms with Crippen LogP contribution in [0, 0.1) is 6.92 Å². The quantitative estimate of drug-likeness (QED) is 0.837. The average molecular weight is 228 g/mol. The average Bonchev–Trinajstić information content (AvgIpc) is 2.14. The van der Waals surface area contributed by atoms with Crippen molar-refractivity contribution in [3.63, 3.8) is 0 Å². The summed E-state index contributed by atoms with van der Waals surface area (Å²) in [5.74, 6) is 0.546. The zero-order valence-electron chi connectivity index (χ0n) is 9.03. The molecule has 0 aromatic carbocycles. The van der Waals surface area contributed by atoms with Crippen molar-refractivity contribution in [3.8, 4) is 0 Å². The molecule has 0 radical (unpaired) electrons. The monoisotopic (exact) mass is 228 g/mol. The van der Waals surface area contributed by atoms with Crippen LogP contribution in [0.2, 0.25) is 0 Å². The molecule has 5 heteroatoms. The maximum atomic E-state index is 11.5. The summed E-state index contributed by atoms with van der Waals surface area (Å²) < 4.78 is 25.5. The fourth-order valence-corrected chi connectivity index (χ4v) is 2.34. The van der Waals surface area contributed by atoms with Gasteiger partial charge in [-0.2, -0.15) is 0 Å². The maximum Gasteiger partial charge on any atom is 0.233 e. The van der Waals surface area contributed by atoms with Gasteiger partial charge in [0.2, 0.25) is 10.0 Å². The second kappa shape index (κ2) is 5.11. The third-order valence-electron chi connectivity index (χ3n) is 1.94. The summed E-state index contributed by atoms with van der Waals surface area (Å²) in [4.78, 5) is 3.94. The first kappa shape index (κ1) is 12.0. The van der Waals surface area contributed by atoms with Gasteiger partial charge in [-0.05, 0) is 31.0 Å². The first-order valence-electron chi connectivity index (χ1n) is 4.96. The van der Waals surface area contributed by atoms with Gasteiger partial charge in [0.05, 0.1) is 5.75 Å². The Labute approximate surface area is 90.8 Å². The number of hydrogen-bond donors (Lipinski definition) is 1. The topological polar surface area (TPSA) is 59.1 Å². The number of sulfonamides is 1. The summed E-state index contributed by atoms with van der Waals surface area (Å²) >= 11 is 0. The normalized spacial score (nSPS) is 11.3. The Balaban J connectivity index is 2.69. The highest BCUT2D eigenvalue weighted by atomic mass is 32.2. The maximum absolute atomic E-state index is 11.5. The Morgan fingerprint density at radius 3 is 2.80 bits per heavy atom. The molecule has 4 nitrogen and oxygen atoms in total. The highest BCUT2D eigenvalue weighted by Gasteiger charge is 2.09. The first-order valence-corrected chi connectivity index (χ1v) is 6.62. The lowest BCUT2D eigenvalue weighted by Crippen LogP contribution is -2.17. The minimum absolute atomic E-state index is 0.152. The summed E-state index contributed by atoms with van der Waals surface area (Å²) in [5.41, 5.74) is 0.984. The Hall–Kier alpha value is -1.10. The van der Waals surface area contributed by atoms with E-state index in [0.717, 1.165) is 12.0 Å². The highest BCUT2D eigenvalue weighted by molar-refractivity contribution is 7.92. The van der Waals surface area contributed by atoms with E-state index in [9.17, 15) is 8.42 Å². The lowest BCUT2D eigenvalue weighted by atomic mass is 10.3. The van der Waals surface area contributed by atoms with Crippen LogP contribution in [0.25, 0.3) is 0 Å². The van der Waals surface area contributed by atoms with Crippen LogP contribution in [-0.2, 0) is 10.0 Å². The molecule has 0 fully saturated rings. The van der Waals surface area contributed by atoms with Crippen molar-refractivity contribution in [2.75, 3.05) is 10.5 Å². The molecule has 0 bridgehead atoms. The third kappa shape index (κ3) is 4.29. The van der Waals surface area contributed by atoms with Gasteiger partial charge < -0.3 is 0 Å². The molecule has 1 aromatic heterocycles. The van der Waals surface area contributed by atoms with Gasteiger partial charge in [0.15, 0.2) is 0 Å². The van der Waals surface area contributed by atoms with E-state index in [1.807, 2.05) is 19.9 Å². The predicted octanol–water partition coefficient (Wildman–Crippen LogP) is 1.93. The van der Waals surface area contributed by atoms with Crippen molar-refractivity contribution in [2.24, 2.45) is 0 Å². The molecule has 1 heterocycles. The Kier molecular flexibility index (Phi) is 4.08. The van der Waals surface area contributed by atoms with E-state index in [0.29, 0.717) is 12.2 Å². The summed E-state index contributed by atoms with van der Waals surface area (Å²) in [6, 6.07) is 3.54. The van der Waals surface area contributed by atoms with Crippen LogP contribution in [0.15, 0.2) is 18.3 Å². The van der Waals surface area contributed by atoms with Crippen LogP contribution < -0.4 is 4.72 Å². The van der Waals surface area contributed by atoms with E-state index in [2.05, 4.69) is 9.71 Å². The summed E-state index contributed by atoms with van der Waals surface area (Å²) in [5, 5.41) is 0. The van der Waals surface area contributed by atoms with E-state index in [4.69, 9.17) is 0 Å². The standard InChI is InChI=1S/C10H16N2O2S/c1-3-4-7-15(13,14)12-10-8-9(2)5-6-11-10/h5-6,8H,3-4,7H2,1-2H3,(H,11,12). The molecular formula is C10H16N2O2S. The number of unbranched alkanes of at least 4 members (excludes halogenated alkanes) is 1. The summed E-state index contributed by atoms with van der Waals surface area (Å²) in [7, 11) is -3.23. The third-order valence-corrected chi connectivity index (χ3v) is 3.29. The van der Waals surface area contributed by atoms with E-state index < -0.39 is 10.0 Å². The Morgan fingerprint density at radius 2 is 2.20 bits per heavy atom. The van der Waals surface area contributed by atoms with Crippen molar-refractivity contribution < 1.29 is 8.42 Å². The fourth-order valence-electron chi connectivity index (χ4n) is 1.14. The molecule has 1 aromatic rings. The Morgan fingerprint density at radius 1 is 1.47 bits per heavy atom. The minimum Gasteiger partial charge on any atom is -0.267 e. The van der Waals surface area contributed by atoms with E-state index >= 15 is 0 Å². The number of hydrogen-bond acceptors (Lipinski definition) is 3. The van der Waals surface area contributed by atoms with Crippen molar-refractivity contribution in [1.82, 2.24) is 4.98 Å². The molecule has 0 saturated heterocycles. The number of nitrogens with zero attached hydrogens (tertiary/aromatic N) is 1. The minimum atomic E-state index is -3.23. The number of aromatic nitrogens is 1. The summed E-state index contributed by atoms with van der Waals surface area (Å²) in [6.45, 7) is 3.85. The summed E-state index contributed by atoms with van der Waals surface area (Å²) in [6.07, 6.45) is 3.12. The van der Waals surface area contributed by atoms with Gasteiger partial charge >= 0.3 is 0 Å². The molecule has 0 atom stereocenters. The largest absolute Gasteiger partial charge is 0.267 e. The highest BCUT2D eigenvalue weighted by Crippen LogP contribution is 2.08. The molecule has 1 N–H and O–H groups in total. The predicted molar refractivity (Wildman–Crippen MR) is 61.3 cm³/mol. The number of rotatable bonds is 5. The van der Waals surface area contributed by atoms with Crippen LogP contribution in [-0.4, -0.2) is 19.2 Å². The molecule has 0 amide bonds. The van der Waals surface area contributed by atoms with Crippen LogP contribution in [0.4, 0.5) is 5.82 Å². The second-order valence-electron chi connectivity index (χ2n) is 3.49. The van der Waals surface area contributed by atoms with Crippen molar-refractivity contribution in [1.29, 1.82) is 0 Å². The molecule has 1 rings (SSSR count). The van der Waals surface area contributed by atoms with Crippen LogP contribution >= 0.6 is 0 Å². The van der Waals surface area contributed by atoms with E-state index in [1.165, 1.54) is 0 Å². The van der Waals surface area contributed by atoms with Crippen LogP contribution in [0.3, 0.4) is 0 Å². The van der Waals surface area contributed by atoms with Crippen molar-refractivity contribution >= 4 is 15.8 Å². The van der Waals surface area contributed by atoms with E-state index in [1.54, 1.807) is 12.3 Å². The lowest BCUT2D eigenvalue weighted by molar-refractivity contribution is 0.597. The number of pyridine rings is 1. The zero-order valence-corrected chi connectivity index (χ0v) is 9.84. The molecule has 84 valence electrons. The van der Waals surface area contributed by atoms with Crippen LogP contribution in [0.1, 0.15) is 25.3 Å².